The molecule has 0 radical (unpaired) electrons. The molecule has 0 atom stereocenters. The predicted molar refractivity (Wildman–Crippen MR) is 206 cm³/mol. The topological polar surface area (TPSA) is 38.0 Å². The molecule has 0 bridgehead atoms. The quantitative estimate of drug-likeness (QED) is 0.177. The number of hydrogen-bond acceptors (Lipinski definition) is 1. The summed E-state index contributed by atoms with van der Waals surface area (Å²) in [6.07, 6.45) is 0. The number of nitriles is 1. The van der Waals surface area contributed by atoms with E-state index in [4.69, 9.17) is 6.57 Å². The molecule has 50 heavy (non-hydrogen) atoms. The van der Waals surface area contributed by atoms with Gasteiger partial charge in [-0.05, 0) is 95.8 Å². The Kier molecular flexibility index (Phi) is 6.66. The van der Waals surface area contributed by atoms with E-state index in [1.165, 1.54) is 21.9 Å². The van der Waals surface area contributed by atoms with Crippen molar-refractivity contribution in [3.63, 3.8) is 0 Å². The van der Waals surface area contributed by atoms with Crippen molar-refractivity contribution in [3.05, 3.63) is 174 Å². The summed E-state index contributed by atoms with van der Waals surface area (Å²) in [6.45, 7) is 12.5. The van der Waals surface area contributed by atoms with E-state index in [0.29, 0.717) is 11.3 Å². The molecule has 2 aromatic heterocycles. The van der Waals surface area contributed by atoms with Gasteiger partial charge in [-0.1, -0.05) is 97.1 Å². The molecule has 0 unspecified atom stereocenters. The van der Waals surface area contributed by atoms with E-state index in [1.54, 1.807) is 6.07 Å². The summed E-state index contributed by atoms with van der Waals surface area (Å²) in [4.78, 5) is 3.94. The van der Waals surface area contributed by atoms with Gasteiger partial charge in [-0.3, -0.25) is 0 Å². The third kappa shape index (κ3) is 4.30. The highest BCUT2D eigenvalue weighted by molar-refractivity contribution is 6.17. The number of hydrogen-bond donors (Lipinski definition) is 0. The Morgan fingerprint density at radius 3 is 1.88 bits per heavy atom. The van der Waals surface area contributed by atoms with Crippen LogP contribution in [-0.4, -0.2) is 9.13 Å². The Bertz CT molecular complexity index is 2890. The van der Waals surface area contributed by atoms with E-state index >= 15 is 0 Å². The zero-order valence-electron chi connectivity index (χ0n) is 27.6. The Hall–Kier alpha value is -6.88. The molecule has 9 rings (SSSR count). The van der Waals surface area contributed by atoms with Crippen LogP contribution in [0.25, 0.3) is 82.1 Å². The van der Waals surface area contributed by atoms with Crippen molar-refractivity contribution in [2.75, 3.05) is 0 Å². The van der Waals surface area contributed by atoms with Crippen molar-refractivity contribution < 1.29 is 0 Å². The number of rotatable bonds is 4. The van der Waals surface area contributed by atoms with Gasteiger partial charge in [-0.15, -0.1) is 0 Å². The fraction of sp³-hybridized carbons (Fsp3) is 0.0435. The summed E-state index contributed by atoms with van der Waals surface area (Å²) in [7, 11) is 0. The maximum atomic E-state index is 10.1. The smallest absolute Gasteiger partial charge is 0.212 e. The third-order valence-electron chi connectivity index (χ3n) is 10.0. The largest absolute Gasteiger partial charge is 0.309 e. The van der Waals surface area contributed by atoms with Gasteiger partial charge in [0.15, 0.2) is 0 Å². The van der Waals surface area contributed by atoms with Crippen LogP contribution in [0.1, 0.15) is 16.7 Å². The summed E-state index contributed by atoms with van der Waals surface area (Å²) >= 11 is 0. The molecule has 4 heteroatoms. The molecular formula is C46H30N4. The first-order valence-corrected chi connectivity index (χ1v) is 16.7. The lowest BCUT2D eigenvalue weighted by atomic mass is 9.93. The molecule has 4 nitrogen and oxygen atoms in total. The van der Waals surface area contributed by atoms with Gasteiger partial charge in [0.25, 0.3) is 0 Å². The number of nitrogens with zero attached hydrogens (tertiary/aromatic N) is 4. The second kappa shape index (κ2) is 11.4. The highest BCUT2D eigenvalue weighted by Crippen LogP contribution is 2.46. The molecule has 234 valence electrons. The molecule has 0 aliphatic carbocycles. The molecule has 0 aliphatic rings. The van der Waals surface area contributed by atoms with Crippen LogP contribution >= 0.6 is 0 Å². The summed E-state index contributed by atoms with van der Waals surface area (Å²) in [6, 6.07) is 53.1. The van der Waals surface area contributed by atoms with Crippen molar-refractivity contribution in [2.45, 2.75) is 13.8 Å². The standard InChI is InChI=1S/C46H30N4/c1-29-13-11-14-30(2)45(29)50-42-22-10-8-19-36(42)39-26-33(27-40(46(39)50)37-20-12-15-32(28-47)44(37)48-3)31-23-24-43-38(25-31)35-18-7-9-21-41(35)49(43)34-16-5-4-6-17-34/h4-27H,1-2H3. The molecule has 2 heterocycles. The lowest BCUT2D eigenvalue weighted by molar-refractivity contribution is 1.12. The van der Waals surface area contributed by atoms with Crippen molar-refractivity contribution in [1.82, 2.24) is 9.13 Å². The predicted octanol–water partition coefficient (Wildman–Crippen LogP) is 12.3. The van der Waals surface area contributed by atoms with Crippen molar-refractivity contribution in [2.24, 2.45) is 0 Å². The van der Waals surface area contributed by atoms with E-state index in [2.05, 4.69) is 155 Å². The van der Waals surface area contributed by atoms with Gasteiger partial charge >= 0.3 is 0 Å². The number of aromatic nitrogens is 2. The molecular weight excluding hydrogens is 609 g/mol. The SMILES string of the molecule is [C-]#[N+]c1c(C#N)cccc1-c1cc(-c2ccc3c(c2)c2ccccc2n3-c2ccccc2)cc2c3ccccc3n(-c3c(C)cccc3C)c12. The zero-order valence-corrected chi connectivity index (χ0v) is 27.6. The molecule has 0 amide bonds. The van der Waals surface area contributed by atoms with Crippen LogP contribution < -0.4 is 0 Å². The zero-order chi connectivity index (χ0) is 33.9. The highest BCUT2D eigenvalue weighted by Gasteiger charge is 2.23. The van der Waals surface area contributed by atoms with E-state index in [-0.39, 0.29) is 0 Å². The van der Waals surface area contributed by atoms with Crippen LogP contribution in [0.2, 0.25) is 0 Å². The fourth-order valence-corrected chi connectivity index (χ4v) is 7.84. The minimum Gasteiger partial charge on any atom is -0.309 e. The molecule has 0 spiro atoms. The molecule has 7 aromatic carbocycles. The van der Waals surface area contributed by atoms with E-state index in [9.17, 15) is 5.26 Å². The van der Waals surface area contributed by atoms with Crippen LogP contribution in [0, 0.1) is 31.8 Å². The maximum Gasteiger partial charge on any atom is 0.212 e. The van der Waals surface area contributed by atoms with Gasteiger partial charge in [-0.25, -0.2) is 4.85 Å². The van der Waals surface area contributed by atoms with Crippen LogP contribution in [0.3, 0.4) is 0 Å². The van der Waals surface area contributed by atoms with Gasteiger partial charge in [0.2, 0.25) is 5.69 Å². The Morgan fingerprint density at radius 1 is 0.540 bits per heavy atom. The van der Waals surface area contributed by atoms with Crippen molar-refractivity contribution >= 4 is 49.3 Å². The monoisotopic (exact) mass is 638 g/mol. The van der Waals surface area contributed by atoms with Crippen LogP contribution in [0.4, 0.5) is 5.69 Å². The number of para-hydroxylation sites is 5. The fourth-order valence-electron chi connectivity index (χ4n) is 7.84. The lowest BCUT2D eigenvalue weighted by Gasteiger charge is -2.18. The summed E-state index contributed by atoms with van der Waals surface area (Å²) in [5, 5.41) is 14.7. The lowest BCUT2D eigenvalue weighted by Crippen LogP contribution is -2.01. The van der Waals surface area contributed by atoms with Gasteiger partial charge in [0, 0.05) is 27.2 Å². The molecule has 0 saturated heterocycles. The average Bonchev–Trinajstić information content (AvgIpc) is 3.67. The minimum absolute atomic E-state index is 0.369. The first-order valence-electron chi connectivity index (χ1n) is 16.7. The molecule has 0 N–H and O–H groups in total. The molecule has 0 aliphatic heterocycles. The molecule has 0 fully saturated rings. The molecule has 9 aromatic rings. The van der Waals surface area contributed by atoms with Gasteiger partial charge in [0.05, 0.1) is 46.0 Å². The van der Waals surface area contributed by atoms with Crippen molar-refractivity contribution in [1.29, 1.82) is 5.26 Å². The number of benzene rings is 7. The molecule has 0 saturated carbocycles. The van der Waals surface area contributed by atoms with Crippen LogP contribution in [-0.2, 0) is 0 Å². The average molecular weight is 639 g/mol. The van der Waals surface area contributed by atoms with E-state index in [0.717, 1.165) is 66.5 Å². The summed E-state index contributed by atoms with van der Waals surface area (Å²) < 4.78 is 4.69. The summed E-state index contributed by atoms with van der Waals surface area (Å²) in [5.74, 6) is 0. The normalized spacial score (nSPS) is 11.4. The van der Waals surface area contributed by atoms with Crippen LogP contribution in [0.15, 0.2) is 146 Å². The maximum absolute atomic E-state index is 10.1. The third-order valence-corrected chi connectivity index (χ3v) is 10.0. The Balaban J connectivity index is 1.41. The highest BCUT2D eigenvalue weighted by atomic mass is 15.0. The second-order valence-electron chi connectivity index (χ2n) is 12.9. The summed E-state index contributed by atoms with van der Waals surface area (Å²) in [5.41, 5.74) is 13.6. The first kappa shape index (κ1) is 29.3. The first-order chi connectivity index (χ1) is 24.6. The Morgan fingerprint density at radius 2 is 1.16 bits per heavy atom. The van der Waals surface area contributed by atoms with Gasteiger partial charge in [0.1, 0.15) is 0 Å². The van der Waals surface area contributed by atoms with Crippen molar-refractivity contribution in [3.8, 4) is 39.7 Å². The Labute approximate surface area is 290 Å². The van der Waals surface area contributed by atoms with E-state index in [1.807, 2.05) is 18.2 Å². The number of fused-ring (bicyclic) bond motifs is 6. The van der Waals surface area contributed by atoms with E-state index < -0.39 is 0 Å². The van der Waals surface area contributed by atoms with Gasteiger partial charge in [-0.2, -0.15) is 5.26 Å². The second-order valence-corrected chi connectivity index (χ2v) is 12.9. The number of aryl methyl sites for hydroxylation is 2. The van der Waals surface area contributed by atoms with Gasteiger partial charge < -0.3 is 9.13 Å². The minimum atomic E-state index is 0.369. The van der Waals surface area contributed by atoms with Crippen LogP contribution in [0.5, 0.6) is 0 Å².